The maximum Gasteiger partial charge on any atom is 0.256 e. The molecule has 0 spiro atoms. The van der Waals surface area contributed by atoms with Crippen LogP contribution in [0.15, 0.2) is 36.4 Å². The second-order valence-corrected chi connectivity index (χ2v) is 6.27. The molecule has 1 aliphatic rings. The minimum atomic E-state index is -0.603. The molecule has 2 aromatic carbocycles. The number of amides is 2. The molecule has 1 aliphatic heterocycles. The van der Waals surface area contributed by atoms with Gasteiger partial charge in [-0.1, -0.05) is 18.2 Å². The first-order valence-electron chi connectivity index (χ1n) is 8.38. The predicted octanol–water partition coefficient (Wildman–Crippen LogP) is 3.06. The van der Waals surface area contributed by atoms with Crippen molar-refractivity contribution < 1.29 is 19.1 Å². The SMILES string of the molecule is COc1ccc(N2C(=O)C[C@@H](Nc3c(C)cccc3C)C2=O)c(OC)c1. The summed E-state index contributed by atoms with van der Waals surface area (Å²) in [7, 11) is 3.04. The highest BCUT2D eigenvalue weighted by Crippen LogP contribution is 2.36. The third-order valence-corrected chi connectivity index (χ3v) is 4.57. The number of ether oxygens (including phenoxy) is 2. The van der Waals surface area contributed by atoms with Crippen LogP contribution in [-0.2, 0) is 9.59 Å². The number of hydrogen-bond donors (Lipinski definition) is 1. The van der Waals surface area contributed by atoms with E-state index >= 15 is 0 Å². The number of carbonyl (C=O) groups excluding carboxylic acids is 2. The number of hydrogen-bond acceptors (Lipinski definition) is 5. The van der Waals surface area contributed by atoms with Crippen molar-refractivity contribution in [1.82, 2.24) is 0 Å². The van der Waals surface area contributed by atoms with Gasteiger partial charge in [0.1, 0.15) is 17.5 Å². The topological polar surface area (TPSA) is 67.9 Å². The first-order valence-corrected chi connectivity index (χ1v) is 8.38. The summed E-state index contributed by atoms with van der Waals surface area (Å²) in [5.41, 5.74) is 3.38. The van der Waals surface area contributed by atoms with Crippen molar-refractivity contribution in [3.8, 4) is 11.5 Å². The molecule has 6 nitrogen and oxygen atoms in total. The van der Waals surface area contributed by atoms with E-state index in [0.717, 1.165) is 16.8 Å². The lowest BCUT2D eigenvalue weighted by molar-refractivity contribution is -0.121. The number of nitrogens with zero attached hydrogens (tertiary/aromatic N) is 1. The first-order chi connectivity index (χ1) is 12.5. The number of para-hydroxylation sites is 1. The van der Waals surface area contributed by atoms with Gasteiger partial charge in [-0.15, -0.1) is 0 Å². The highest BCUT2D eigenvalue weighted by atomic mass is 16.5. The molecule has 26 heavy (non-hydrogen) atoms. The third kappa shape index (κ3) is 3.10. The van der Waals surface area contributed by atoms with E-state index in [1.807, 2.05) is 32.0 Å². The molecule has 1 N–H and O–H groups in total. The molecule has 0 aliphatic carbocycles. The Morgan fingerprint density at radius 2 is 1.73 bits per heavy atom. The lowest BCUT2D eigenvalue weighted by Crippen LogP contribution is -2.35. The minimum Gasteiger partial charge on any atom is -0.497 e. The molecule has 2 aromatic rings. The lowest BCUT2D eigenvalue weighted by atomic mass is 10.1. The van der Waals surface area contributed by atoms with Gasteiger partial charge in [0.2, 0.25) is 5.91 Å². The van der Waals surface area contributed by atoms with Gasteiger partial charge < -0.3 is 14.8 Å². The standard InChI is InChI=1S/C20H22N2O4/c1-12-6-5-7-13(2)19(12)21-15-11-18(23)22(20(15)24)16-9-8-14(25-3)10-17(16)26-4/h5-10,15,21H,11H2,1-4H3/t15-/m1/s1. The highest BCUT2D eigenvalue weighted by molar-refractivity contribution is 6.23. The Morgan fingerprint density at radius 1 is 1.04 bits per heavy atom. The Hall–Kier alpha value is -3.02. The van der Waals surface area contributed by atoms with Crippen molar-refractivity contribution in [3.63, 3.8) is 0 Å². The molecule has 0 saturated carbocycles. The Morgan fingerprint density at radius 3 is 2.35 bits per heavy atom. The fourth-order valence-electron chi connectivity index (χ4n) is 3.18. The molecule has 0 unspecified atom stereocenters. The van der Waals surface area contributed by atoms with Crippen molar-refractivity contribution in [2.75, 3.05) is 24.4 Å². The Bertz CT molecular complexity index is 843. The molecule has 0 bridgehead atoms. The summed E-state index contributed by atoms with van der Waals surface area (Å²) in [5.74, 6) is 0.456. The normalized spacial score (nSPS) is 16.8. The van der Waals surface area contributed by atoms with Crippen LogP contribution >= 0.6 is 0 Å². The molecular weight excluding hydrogens is 332 g/mol. The quantitative estimate of drug-likeness (QED) is 0.836. The van der Waals surface area contributed by atoms with E-state index in [2.05, 4.69) is 5.32 Å². The molecule has 136 valence electrons. The van der Waals surface area contributed by atoms with Gasteiger partial charge in [-0.3, -0.25) is 9.59 Å². The van der Waals surface area contributed by atoms with Crippen molar-refractivity contribution in [3.05, 3.63) is 47.5 Å². The van der Waals surface area contributed by atoms with Crippen LogP contribution < -0.4 is 19.7 Å². The monoisotopic (exact) mass is 354 g/mol. The van der Waals surface area contributed by atoms with Crippen LogP contribution in [0.1, 0.15) is 17.5 Å². The Kier molecular flexibility index (Phi) is 4.84. The molecule has 1 heterocycles. The second-order valence-electron chi connectivity index (χ2n) is 6.27. The van der Waals surface area contributed by atoms with E-state index in [1.54, 1.807) is 25.3 Å². The second kappa shape index (κ2) is 7.07. The van der Waals surface area contributed by atoms with Crippen molar-refractivity contribution in [1.29, 1.82) is 0 Å². The molecular formula is C20H22N2O4. The number of imide groups is 1. The van der Waals surface area contributed by atoms with Crippen molar-refractivity contribution in [2.24, 2.45) is 0 Å². The summed E-state index contributed by atoms with van der Waals surface area (Å²) < 4.78 is 10.5. The van der Waals surface area contributed by atoms with Crippen LogP contribution in [-0.4, -0.2) is 32.1 Å². The number of anilines is 2. The summed E-state index contributed by atoms with van der Waals surface area (Å²) in [4.78, 5) is 26.7. The van der Waals surface area contributed by atoms with Crippen molar-refractivity contribution >= 4 is 23.2 Å². The van der Waals surface area contributed by atoms with Crippen LogP contribution in [0, 0.1) is 13.8 Å². The molecule has 2 amide bonds. The van der Waals surface area contributed by atoms with E-state index in [0.29, 0.717) is 17.2 Å². The average molecular weight is 354 g/mol. The first kappa shape index (κ1) is 17.8. The number of carbonyl (C=O) groups is 2. The molecule has 1 atom stereocenters. The lowest BCUT2D eigenvalue weighted by Gasteiger charge is -2.20. The summed E-state index contributed by atoms with van der Waals surface area (Å²) in [6.07, 6.45) is 0.0990. The van der Waals surface area contributed by atoms with Crippen LogP contribution in [0.3, 0.4) is 0 Å². The average Bonchev–Trinajstić information content (AvgIpc) is 2.91. The van der Waals surface area contributed by atoms with Crippen LogP contribution in [0.5, 0.6) is 11.5 Å². The van der Waals surface area contributed by atoms with Gasteiger partial charge in [-0.25, -0.2) is 4.90 Å². The molecule has 1 saturated heterocycles. The molecule has 1 fully saturated rings. The number of rotatable bonds is 5. The maximum atomic E-state index is 12.9. The van der Waals surface area contributed by atoms with Gasteiger partial charge in [-0.05, 0) is 37.1 Å². The fourth-order valence-corrected chi connectivity index (χ4v) is 3.18. The zero-order chi connectivity index (χ0) is 18.8. The number of nitrogens with one attached hydrogen (secondary N) is 1. The van der Waals surface area contributed by atoms with Crippen LogP contribution in [0.4, 0.5) is 11.4 Å². The molecule has 0 radical (unpaired) electrons. The summed E-state index contributed by atoms with van der Waals surface area (Å²) in [5, 5.41) is 3.24. The number of aryl methyl sites for hydroxylation is 2. The largest absolute Gasteiger partial charge is 0.497 e. The van der Waals surface area contributed by atoms with Crippen LogP contribution in [0.2, 0.25) is 0 Å². The van der Waals surface area contributed by atoms with Gasteiger partial charge >= 0.3 is 0 Å². The van der Waals surface area contributed by atoms with Gasteiger partial charge in [0.15, 0.2) is 0 Å². The highest BCUT2D eigenvalue weighted by Gasteiger charge is 2.41. The van der Waals surface area contributed by atoms with Gasteiger partial charge in [0.25, 0.3) is 5.91 Å². The smallest absolute Gasteiger partial charge is 0.256 e. The zero-order valence-corrected chi connectivity index (χ0v) is 15.3. The Balaban J connectivity index is 1.90. The zero-order valence-electron chi connectivity index (χ0n) is 15.3. The minimum absolute atomic E-state index is 0.0990. The summed E-state index contributed by atoms with van der Waals surface area (Å²) >= 11 is 0. The van der Waals surface area contributed by atoms with Gasteiger partial charge in [0, 0.05) is 11.8 Å². The number of benzene rings is 2. The van der Waals surface area contributed by atoms with E-state index < -0.39 is 6.04 Å². The van der Waals surface area contributed by atoms with E-state index in [1.165, 1.54) is 12.0 Å². The van der Waals surface area contributed by atoms with Crippen LogP contribution in [0.25, 0.3) is 0 Å². The van der Waals surface area contributed by atoms with E-state index in [9.17, 15) is 9.59 Å². The molecule has 3 rings (SSSR count). The summed E-state index contributed by atoms with van der Waals surface area (Å²) in [6, 6.07) is 10.3. The molecule has 0 aromatic heterocycles. The van der Waals surface area contributed by atoms with Gasteiger partial charge in [0.05, 0.1) is 26.3 Å². The van der Waals surface area contributed by atoms with Crippen molar-refractivity contribution in [2.45, 2.75) is 26.3 Å². The maximum absolute atomic E-state index is 12.9. The third-order valence-electron chi connectivity index (χ3n) is 4.57. The van der Waals surface area contributed by atoms with Gasteiger partial charge in [-0.2, -0.15) is 0 Å². The Labute approximate surface area is 152 Å². The fraction of sp³-hybridized carbons (Fsp3) is 0.300. The number of methoxy groups -OCH3 is 2. The molecule has 6 heteroatoms. The summed E-state index contributed by atoms with van der Waals surface area (Å²) in [6.45, 7) is 3.95. The predicted molar refractivity (Wildman–Crippen MR) is 100.0 cm³/mol. The van der Waals surface area contributed by atoms with E-state index in [-0.39, 0.29) is 18.2 Å². The van der Waals surface area contributed by atoms with E-state index in [4.69, 9.17) is 9.47 Å².